The molecule has 2 nitrogen and oxygen atoms in total. The van der Waals surface area contributed by atoms with Crippen LogP contribution in [-0.2, 0) is 7.05 Å². The van der Waals surface area contributed by atoms with Gasteiger partial charge in [0, 0.05) is 13.0 Å². The summed E-state index contributed by atoms with van der Waals surface area (Å²) in [5.74, 6) is 0.308. The lowest BCUT2D eigenvalue weighted by Gasteiger charge is -1.91. The molecule has 0 radical (unpaired) electrons. The first-order valence-corrected chi connectivity index (χ1v) is 2.85. The average molecular weight is 251 g/mol. The van der Waals surface area contributed by atoms with Crippen molar-refractivity contribution in [3.63, 3.8) is 0 Å². The van der Waals surface area contributed by atoms with E-state index in [4.69, 9.17) is 5.11 Å². The van der Waals surface area contributed by atoms with Crippen molar-refractivity contribution < 1.29 is 33.7 Å². The van der Waals surface area contributed by atoms with Crippen LogP contribution in [0.4, 0.5) is 0 Å². The van der Waals surface area contributed by atoms with Gasteiger partial charge in [-0.05, 0) is 6.07 Å². The van der Waals surface area contributed by atoms with Gasteiger partial charge in [0.25, 0.3) is 0 Å². The smallest absolute Gasteiger partial charge is 0.210 e. The molecule has 0 aliphatic heterocycles. The van der Waals surface area contributed by atoms with Crippen LogP contribution in [0.5, 0.6) is 5.75 Å². The maximum Gasteiger partial charge on any atom is 0.210 e. The maximum absolute atomic E-state index is 8.92. The Morgan fingerprint density at radius 3 is 2.40 bits per heavy atom. The summed E-state index contributed by atoms with van der Waals surface area (Å²) in [5.41, 5.74) is 1.13. The minimum absolute atomic E-state index is 0. The molecule has 0 saturated heterocycles. The summed E-state index contributed by atoms with van der Waals surface area (Å²) in [6.07, 6.45) is 1.68. The van der Waals surface area contributed by atoms with Crippen molar-refractivity contribution in [1.82, 2.24) is 0 Å². The molecule has 1 rings (SSSR count). The van der Waals surface area contributed by atoms with E-state index in [9.17, 15) is 0 Å². The van der Waals surface area contributed by atoms with Crippen molar-refractivity contribution in [2.45, 2.75) is 6.92 Å². The summed E-state index contributed by atoms with van der Waals surface area (Å²) in [6, 6.07) is 3.55. The Morgan fingerprint density at radius 1 is 1.40 bits per heavy atom. The highest BCUT2D eigenvalue weighted by Crippen LogP contribution is 2.02. The molecule has 0 saturated carbocycles. The Hall–Kier alpha value is -0.320. The van der Waals surface area contributed by atoms with Gasteiger partial charge in [-0.25, -0.2) is 4.57 Å². The molecule has 0 unspecified atom stereocenters. The zero-order valence-corrected chi connectivity index (χ0v) is 8.16. The highest BCUT2D eigenvalue weighted by molar-refractivity contribution is 5.12. The number of aromatic nitrogens is 1. The Labute approximate surface area is 77.5 Å². The van der Waals surface area contributed by atoms with Crippen LogP contribution in [0.1, 0.15) is 5.69 Å². The summed E-state index contributed by atoms with van der Waals surface area (Å²) in [5, 5.41) is 8.92. The number of hydrogen-bond acceptors (Lipinski definition) is 1. The zero-order chi connectivity index (χ0) is 6.85. The van der Waals surface area contributed by atoms with Gasteiger partial charge < -0.3 is 29.1 Å². The minimum atomic E-state index is 0. The lowest BCUT2D eigenvalue weighted by atomic mass is 10.3. The molecule has 1 N–H and O–H groups in total. The van der Waals surface area contributed by atoms with Crippen molar-refractivity contribution in [3.05, 3.63) is 24.0 Å². The van der Waals surface area contributed by atoms with Gasteiger partial charge in [0.15, 0.2) is 11.4 Å². The molecule has 3 heteroatoms. The Bertz CT molecular complexity index is 225. The number of rotatable bonds is 0. The Balaban J connectivity index is 0.000000810. The van der Waals surface area contributed by atoms with Crippen molar-refractivity contribution in [3.8, 4) is 5.75 Å². The number of pyridine rings is 1. The van der Waals surface area contributed by atoms with Crippen LogP contribution in [-0.4, -0.2) is 5.11 Å². The lowest BCUT2D eigenvalue weighted by molar-refractivity contribution is -0.678. The van der Waals surface area contributed by atoms with E-state index in [1.54, 1.807) is 12.3 Å². The summed E-state index contributed by atoms with van der Waals surface area (Å²) in [4.78, 5) is 0. The average Bonchev–Trinajstić information content (AvgIpc) is 1.80. The minimum Gasteiger partial charge on any atom is -1.00 e. The molecule has 0 bridgehead atoms. The van der Waals surface area contributed by atoms with Gasteiger partial charge in [-0.1, -0.05) is 0 Å². The fourth-order valence-electron chi connectivity index (χ4n) is 0.667. The molecule has 0 atom stereocenters. The van der Waals surface area contributed by atoms with E-state index in [2.05, 4.69) is 0 Å². The van der Waals surface area contributed by atoms with Gasteiger partial charge in [-0.15, -0.1) is 0 Å². The predicted octanol–water partition coefficient (Wildman–Crippen LogP) is -2.47. The first-order chi connectivity index (χ1) is 4.20. The lowest BCUT2D eigenvalue weighted by Crippen LogP contribution is -3.00. The highest BCUT2D eigenvalue weighted by Gasteiger charge is 1.98. The van der Waals surface area contributed by atoms with E-state index in [0.717, 1.165) is 5.69 Å². The molecule has 0 amide bonds. The monoisotopic (exact) mass is 251 g/mol. The number of nitrogens with zero attached hydrogens (tertiary/aromatic N) is 1. The molecule has 1 aromatic heterocycles. The van der Waals surface area contributed by atoms with Crippen LogP contribution in [0.15, 0.2) is 18.3 Å². The van der Waals surface area contributed by atoms with E-state index in [1.165, 1.54) is 0 Å². The van der Waals surface area contributed by atoms with E-state index < -0.39 is 0 Å². The van der Waals surface area contributed by atoms with Crippen LogP contribution in [0, 0.1) is 6.92 Å². The second-order valence-electron chi connectivity index (χ2n) is 2.14. The van der Waals surface area contributed by atoms with E-state index in [1.807, 2.05) is 24.6 Å². The fourth-order valence-corrected chi connectivity index (χ4v) is 0.667. The molecule has 0 aromatic carbocycles. The van der Waals surface area contributed by atoms with Crippen LogP contribution in [0.3, 0.4) is 0 Å². The van der Waals surface area contributed by atoms with Gasteiger partial charge in [0.1, 0.15) is 7.05 Å². The van der Waals surface area contributed by atoms with Crippen molar-refractivity contribution in [1.29, 1.82) is 0 Å². The number of hydrogen-bond donors (Lipinski definition) is 1. The molecular formula is C7H10INO. The van der Waals surface area contributed by atoms with E-state index in [-0.39, 0.29) is 24.0 Å². The second-order valence-corrected chi connectivity index (χ2v) is 2.14. The number of halogens is 1. The van der Waals surface area contributed by atoms with Gasteiger partial charge in [0.2, 0.25) is 6.20 Å². The third-order valence-electron chi connectivity index (χ3n) is 1.38. The SMILES string of the molecule is Cc1ccc(O)c[n+]1C.[I-]. The Morgan fingerprint density at radius 2 is 2.00 bits per heavy atom. The van der Waals surface area contributed by atoms with Crippen LogP contribution in [0.2, 0.25) is 0 Å². The van der Waals surface area contributed by atoms with Crippen molar-refractivity contribution >= 4 is 0 Å². The molecule has 0 aliphatic carbocycles. The third-order valence-corrected chi connectivity index (χ3v) is 1.38. The number of aryl methyl sites for hydroxylation is 2. The predicted molar refractivity (Wildman–Crippen MR) is 34.0 cm³/mol. The number of aromatic hydroxyl groups is 1. The normalized spacial score (nSPS) is 8.60. The third kappa shape index (κ3) is 2.13. The molecular weight excluding hydrogens is 241 g/mol. The zero-order valence-electron chi connectivity index (χ0n) is 6.00. The molecule has 0 spiro atoms. The fraction of sp³-hybridized carbons (Fsp3) is 0.286. The maximum atomic E-state index is 8.92. The standard InChI is InChI=1S/C7H9NO.HI/c1-6-3-4-7(9)5-8(6)2;/h3-5H,1-2H3;1H. The molecule has 1 aromatic rings. The summed E-state index contributed by atoms with van der Waals surface area (Å²) < 4.78 is 1.87. The molecule has 10 heavy (non-hydrogen) atoms. The van der Waals surface area contributed by atoms with Crippen molar-refractivity contribution in [2.24, 2.45) is 7.05 Å². The quantitative estimate of drug-likeness (QED) is 0.401. The molecule has 1 heterocycles. The largest absolute Gasteiger partial charge is 1.00 e. The summed E-state index contributed by atoms with van der Waals surface area (Å²) in [7, 11) is 1.90. The first-order valence-electron chi connectivity index (χ1n) is 2.85. The highest BCUT2D eigenvalue weighted by atomic mass is 127. The van der Waals surface area contributed by atoms with Gasteiger partial charge >= 0.3 is 0 Å². The first kappa shape index (κ1) is 9.68. The van der Waals surface area contributed by atoms with Gasteiger partial charge in [0.05, 0.1) is 0 Å². The van der Waals surface area contributed by atoms with Gasteiger partial charge in [-0.3, -0.25) is 0 Å². The molecule has 0 fully saturated rings. The molecule has 56 valence electrons. The van der Waals surface area contributed by atoms with Crippen molar-refractivity contribution in [2.75, 3.05) is 0 Å². The van der Waals surface area contributed by atoms with Gasteiger partial charge in [-0.2, -0.15) is 0 Å². The Kier molecular flexibility index (Phi) is 3.63. The summed E-state index contributed by atoms with van der Waals surface area (Å²) >= 11 is 0. The second kappa shape index (κ2) is 3.75. The molecule has 0 aliphatic rings. The van der Waals surface area contributed by atoms with Crippen LogP contribution in [0.25, 0.3) is 0 Å². The van der Waals surface area contributed by atoms with E-state index in [0.29, 0.717) is 5.75 Å². The van der Waals surface area contributed by atoms with Crippen LogP contribution < -0.4 is 28.5 Å². The van der Waals surface area contributed by atoms with E-state index >= 15 is 0 Å². The topological polar surface area (TPSA) is 24.1 Å². The summed E-state index contributed by atoms with van der Waals surface area (Å²) in [6.45, 7) is 1.99. The van der Waals surface area contributed by atoms with Crippen LogP contribution >= 0.6 is 0 Å².